The van der Waals surface area contributed by atoms with E-state index in [1.165, 1.54) is 5.56 Å². The average molecular weight is 263 g/mol. The molecule has 2 rings (SSSR count). The van der Waals surface area contributed by atoms with Gasteiger partial charge in [-0.25, -0.2) is 4.98 Å². The summed E-state index contributed by atoms with van der Waals surface area (Å²) in [7, 11) is 0. The lowest BCUT2D eigenvalue weighted by molar-refractivity contribution is -0.0752. The van der Waals surface area contributed by atoms with Gasteiger partial charge < -0.3 is 15.4 Å². The lowest BCUT2D eigenvalue weighted by atomic mass is 10.0. The Hall–Kier alpha value is -1.13. The van der Waals surface area contributed by atoms with E-state index in [0.717, 1.165) is 30.2 Å². The summed E-state index contributed by atoms with van der Waals surface area (Å²) in [5, 5.41) is 0. The van der Waals surface area contributed by atoms with E-state index >= 15 is 0 Å². The van der Waals surface area contributed by atoms with Crippen molar-refractivity contribution < 1.29 is 4.74 Å². The van der Waals surface area contributed by atoms with Gasteiger partial charge in [0, 0.05) is 30.9 Å². The average Bonchev–Trinajstić information content (AvgIpc) is 2.25. The number of nitrogens with two attached hydrogens (primary N) is 1. The van der Waals surface area contributed by atoms with Gasteiger partial charge in [0.1, 0.15) is 5.82 Å². The van der Waals surface area contributed by atoms with Crippen LogP contribution in [0, 0.1) is 13.8 Å². The molecule has 2 heterocycles. The normalized spacial score (nSPS) is 22.6. The topological polar surface area (TPSA) is 51.4 Å². The number of hydrogen-bond donors (Lipinski definition) is 1. The number of anilines is 1. The molecule has 1 unspecified atom stereocenters. The van der Waals surface area contributed by atoms with Crippen molar-refractivity contribution in [3.05, 3.63) is 22.9 Å². The second-order valence-electron chi connectivity index (χ2n) is 6.16. The Balaban J connectivity index is 2.40. The van der Waals surface area contributed by atoms with Crippen molar-refractivity contribution >= 4 is 5.82 Å². The second kappa shape index (κ2) is 5.10. The van der Waals surface area contributed by atoms with Crippen molar-refractivity contribution in [2.45, 2.75) is 52.9 Å². The van der Waals surface area contributed by atoms with E-state index in [4.69, 9.17) is 15.5 Å². The molecule has 106 valence electrons. The zero-order chi connectivity index (χ0) is 14.2. The molecule has 0 saturated carbocycles. The zero-order valence-electron chi connectivity index (χ0n) is 12.7. The molecule has 1 fully saturated rings. The number of morpholine rings is 1. The van der Waals surface area contributed by atoms with Gasteiger partial charge in [-0.05, 0) is 46.2 Å². The quantitative estimate of drug-likeness (QED) is 0.888. The van der Waals surface area contributed by atoms with Crippen LogP contribution in [0.25, 0.3) is 0 Å². The van der Waals surface area contributed by atoms with E-state index < -0.39 is 0 Å². The highest BCUT2D eigenvalue weighted by atomic mass is 16.5. The van der Waals surface area contributed by atoms with Crippen LogP contribution in [-0.4, -0.2) is 29.8 Å². The maximum absolute atomic E-state index is 5.96. The minimum absolute atomic E-state index is 0.150. The summed E-state index contributed by atoms with van der Waals surface area (Å²) in [4.78, 5) is 7.03. The standard InChI is InChI=1S/C15H25N3O/c1-10-6-11(2)17-14(13(10)7-16)18-8-12(3)19-15(4,5)9-18/h6,12H,7-9,16H2,1-5H3. The second-order valence-corrected chi connectivity index (χ2v) is 6.16. The van der Waals surface area contributed by atoms with Gasteiger partial charge in [0.2, 0.25) is 0 Å². The van der Waals surface area contributed by atoms with Crippen LogP contribution in [0.15, 0.2) is 6.07 Å². The van der Waals surface area contributed by atoms with Crippen LogP contribution < -0.4 is 10.6 Å². The minimum Gasteiger partial charge on any atom is -0.369 e. The molecular weight excluding hydrogens is 238 g/mol. The van der Waals surface area contributed by atoms with Crippen molar-refractivity contribution in [1.82, 2.24) is 4.98 Å². The molecule has 0 spiro atoms. The lowest BCUT2D eigenvalue weighted by Crippen LogP contribution is -2.52. The van der Waals surface area contributed by atoms with Crippen LogP contribution >= 0.6 is 0 Å². The summed E-state index contributed by atoms with van der Waals surface area (Å²) in [6, 6.07) is 2.10. The molecule has 19 heavy (non-hydrogen) atoms. The third kappa shape index (κ3) is 3.07. The first-order chi connectivity index (χ1) is 8.82. The van der Waals surface area contributed by atoms with Gasteiger partial charge >= 0.3 is 0 Å². The first kappa shape index (κ1) is 14.3. The smallest absolute Gasteiger partial charge is 0.133 e. The molecule has 1 aliphatic rings. The van der Waals surface area contributed by atoms with Gasteiger partial charge in [0.05, 0.1) is 11.7 Å². The number of nitrogens with zero attached hydrogens (tertiary/aromatic N) is 2. The number of aromatic nitrogens is 1. The monoisotopic (exact) mass is 263 g/mol. The van der Waals surface area contributed by atoms with Gasteiger partial charge in [-0.3, -0.25) is 0 Å². The van der Waals surface area contributed by atoms with Gasteiger partial charge in [-0.2, -0.15) is 0 Å². The minimum atomic E-state index is -0.150. The summed E-state index contributed by atoms with van der Waals surface area (Å²) in [5.74, 6) is 1.03. The lowest BCUT2D eigenvalue weighted by Gasteiger charge is -2.43. The van der Waals surface area contributed by atoms with E-state index in [2.05, 4.69) is 38.7 Å². The van der Waals surface area contributed by atoms with Gasteiger partial charge in [-0.1, -0.05) is 0 Å². The van der Waals surface area contributed by atoms with Crippen molar-refractivity contribution in [1.29, 1.82) is 0 Å². The number of ether oxygens (including phenoxy) is 1. The Labute approximate surface area is 116 Å². The van der Waals surface area contributed by atoms with E-state index in [1.54, 1.807) is 0 Å². The van der Waals surface area contributed by atoms with E-state index in [1.807, 2.05) is 6.92 Å². The van der Waals surface area contributed by atoms with Crippen LogP contribution in [-0.2, 0) is 11.3 Å². The van der Waals surface area contributed by atoms with E-state index in [0.29, 0.717) is 6.54 Å². The van der Waals surface area contributed by atoms with Crippen LogP contribution in [0.1, 0.15) is 37.6 Å². The molecular formula is C15H25N3O. The molecule has 1 atom stereocenters. The van der Waals surface area contributed by atoms with Crippen LogP contribution in [0.3, 0.4) is 0 Å². The largest absolute Gasteiger partial charge is 0.369 e. The Kier molecular flexibility index (Phi) is 3.83. The molecule has 1 aromatic heterocycles. The highest BCUT2D eigenvalue weighted by Crippen LogP contribution is 2.28. The van der Waals surface area contributed by atoms with Gasteiger partial charge in [0.25, 0.3) is 0 Å². The molecule has 4 nitrogen and oxygen atoms in total. The summed E-state index contributed by atoms with van der Waals surface area (Å²) >= 11 is 0. The third-order valence-electron chi connectivity index (χ3n) is 3.53. The van der Waals surface area contributed by atoms with E-state index in [9.17, 15) is 0 Å². The molecule has 0 bridgehead atoms. The number of aryl methyl sites for hydroxylation is 2. The molecule has 2 N–H and O–H groups in total. The fourth-order valence-electron chi connectivity index (χ4n) is 2.97. The van der Waals surface area contributed by atoms with Crippen LogP contribution in [0.5, 0.6) is 0 Å². The van der Waals surface area contributed by atoms with E-state index in [-0.39, 0.29) is 11.7 Å². The summed E-state index contributed by atoms with van der Waals surface area (Å²) < 4.78 is 5.96. The molecule has 1 saturated heterocycles. The predicted octanol–water partition coefficient (Wildman–Crippen LogP) is 2.16. The number of hydrogen-bond acceptors (Lipinski definition) is 4. The Morgan fingerprint density at radius 1 is 1.47 bits per heavy atom. The fourth-order valence-corrected chi connectivity index (χ4v) is 2.97. The maximum atomic E-state index is 5.96. The predicted molar refractivity (Wildman–Crippen MR) is 78.4 cm³/mol. The number of pyridine rings is 1. The zero-order valence-corrected chi connectivity index (χ0v) is 12.7. The first-order valence-corrected chi connectivity index (χ1v) is 6.92. The van der Waals surface area contributed by atoms with Crippen molar-refractivity contribution in [2.75, 3.05) is 18.0 Å². The van der Waals surface area contributed by atoms with Crippen LogP contribution in [0.4, 0.5) is 5.82 Å². The molecule has 0 radical (unpaired) electrons. The summed E-state index contributed by atoms with van der Waals surface area (Å²) in [6.07, 6.45) is 0.206. The molecule has 4 heteroatoms. The van der Waals surface area contributed by atoms with Crippen molar-refractivity contribution in [3.63, 3.8) is 0 Å². The van der Waals surface area contributed by atoms with Gasteiger partial charge in [-0.15, -0.1) is 0 Å². The first-order valence-electron chi connectivity index (χ1n) is 6.92. The molecule has 1 aliphatic heterocycles. The maximum Gasteiger partial charge on any atom is 0.133 e. The highest BCUT2D eigenvalue weighted by Gasteiger charge is 2.33. The van der Waals surface area contributed by atoms with Crippen molar-refractivity contribution in [2.24, 2.45) is 5.73 Å². The summed E-state index contributed by atoms with van der Waals surface area (Å²) in [6.45, 7) is 12.7. The molecule has 0 aromatic carbocycles. The molecule has 1 aromatic rings. The third-order valence-corrected chi connectivity index (χ3v) is 3.53. The fraction of sp³-hybridized carbons (Fsp3) is 0.667. The van der Waals surface area contributed by atoms with Gasteiger partial charge in [0.15, 0.2) is 0 Å². The Morgan fingerprint density at radius 2 is 2.16 bits per heavy atom. The van der Waals surface area contributed by atoms with Crippen LogP contribution in [0.2, 0.25) is 0 Å². The summed E-state index contributed by atoms with van der Waals surface area (Å²) in [5.41, 5.74) is 9.18. The van der Waals surface area contributed by atoms with Crippen molar-refractivity contribution in [3.8, 4) is 0 Å². The number of rotatable bonds is 2. The SMILES string of the molecule is Cc1cc(C)c(CN)c(N2CC(C)OC(C)(C)C2)n1. The Bertz CT molecular complexity index is 471. The molecule has 0 amide bonds. The highest BCUT2D eigenvalue weighted by molar-refractivity contribution is 5.52. The molecule has 0 aliphatic carbocycles. The Morgan fingerprint density at radius 3 is 2.74 bits per heavy atom.